The number of amides is 1. The minimum atomic E-state index is -0.0362. The third kappa shape index (κ3) is 4.43. The Morgan fingerprint density at radius 3 is 2.46 bits per heavy atom. The van der Waals surface area contributed by atoms with E-state index in [9.17, 15) is 4.79 Å². The molecule has 1 aromatic heterocycles. The molecule has 7 heteroatoms. The molecule has 1 fully saturated rings. The Morgan fingerprint density at radius 2 is 1.79 bits per heavy atom. The Morgan fingerprint density at radius 1 is 1.12 bits per heavy atom. The van der Waals surface area contributed by atoms with E-state index in [1.165, 1.54) is 6.20 Å². The van der Waals surface area contributed by atoms with E-state index in [0.717, 1.165) is 37.1 Å². The molecule has 0 bridgehead atoms. The van der Waals surface area contributed by atoms with Gasteiger partial charge in [-0.15, -0.1) is 12.4 Å². The van der Waals surface area contributed by atoms with Crippen molar-refractivity contribution < 1.29 is 4.79 Å². The second-order valence-electron chi connectivity index (χ2n) is 5.66. The molecule has 1 aromatic carbocycles. The van der Waals surface area contributed by atoms with Crippen LogP contribution in [0.25, 0.3) is 0 Å². The predicted molar refractivity (Wildman–Crippen MR) is 96.1 cm³/mol. The van der Waals surface area contributed by atoms with E-state index in [2.05, 4.69) is 15.3 Å². The standard InChI is InChI=1S/C17H21N5O.ClH/c18-9-13-3-5-14(6-4-13)10-20-16-12-19-11-15(21-16)17(23)22-7-1-2-8-22;/h3-6,11-12H,1-2,7-10,18H2,(H,20,21);1H. The molecule has 0 radical (unpaired) electrons. The molecule has 1 aliphatic rings. The lowest BCUT2D eigenvalue weighted by molar-refractivity contribution is 0.0786. The van der Waals surface area contributed by atoms with Crippen LogP contribution in [0.5, 0.6) is 0 Å². The number of aromatic nitrogens is 2. The van der Waals surface area contributed by atoms with Crippen LogP contribution in [-0.4, -0.2) is 33.9 Å². The molecular weight excluding hydrogens is 326 g/mol. The van der Waals surface area contributed by atoms with Gasteiger partial charge in [0, 0.05) is 26.2 Å². The van der Waals surface area contributed by atoms with Gasteiger partial charge in [0.2, 0.25) is 0 Å². The fourth-order valence-electron chi connectivity index (χ4n) is 2.62. The molecular formula is C17H22ClN5O. The Bertz CT molecular complexity index is 671. The van der Waals surface area contributed by atoms with Gasteiger partial charge in [0.25, 0.3) is 5.91 Å². The number of nitrogens with zero attached hydrogens (tertiary/aromatic N) is 3. The van der Waals surface area contributed by atoms with Crippen LogP contribution in [0.2, 0.25) is 0 Å². The van der Waals surface area contributed by atoms with Gasteiger partial charge in [-0.3, -0.25) is 9.78 Å². The van der Waals surface area contributed by atoms with E-state index in [4.69, 9.17) is 5.73 Å². The van der Waals surface area contributed by atoms with Crippen LogP contribution in [0.15, 0.2) is 36.7 Å². The number of hydrogen-bond acceptors (Lipinski definition) is 5. The molecule has 0 unspecified atom stereocenters. The summed E-state index contributed by atoms with van der Waals surface area (Å²) >= 11 is 0. The fraction of sp³-hybridized carbons (Fsp3) is 0.353. The zero-order chi connectivity index (χ0) is 16.1. The molecule has 6 nitrogen and oxygen atoms in total. The van der Waals surface area contributed by atoms with Crippen LogP contribution in [-0.2, 0) is 13.1 Å². The summed E-state index contributed by atoms with van der Waals surface area (Å²) in [4.78, 5) is 22.7. The van der Waals surface area contributed by atoms with E-state index < -0.39 is 0 Å². The summed E-state index contributed by atoms with van der Waals surface area (Å²) in [6, 6.07) is 8.08. The van der Waals surface area contributed by atoms with Gasteiger partial charge in [0.15, 0.2) is 0 Å². The monoisotopic (exact) mass is 347 g/mol. The van der Waals surface area contributed by atoms with Gasteiger partial charge < -0.3 is 16.0 Å². The third-order valence-electron chi connectivity index (χ3n) is 3.98. The van der Waals surface area contributed by atoms with Gasteiger partial charge >= 0.3 is 0 Å². The summed E-state index contributed by atoms with van der Waals surface area (Å²) < 4.78 is 0. The van der Waals surface area contributed by atoms with Gasteiger partial charge in [-0.25, -0.2) is 4.98 Å². The number of anilines is 1. The fourth-order valence-corrected chi connectivity index (χ4v) is 2.62. The summed E-state index contributed by atoms with van der Waals surface area (Å²) in [5.41, 5.74) is 8.22. The number of rotatable bonds is 5. The van der Waals surface area contributed by atoms with Crippen molar-refractivity contribution in [1.29, 1.82) is 0 Å². The van der Waals surface area contributed by atoms with E-state index in [1.54, 1.807) is 6.20 Å². The molecule has 1 aliphatic heterocycles. The highest BCUT2D eigenvalue weighted by atomic mass is 35.5. The Labute approximate surface area is 147 Å². The Hall–Kier alpha value is -2.18. The largest absolute Gasteiger partial charge is 0.365 e. The summed E-state index contributed by atoms with van der Waals surface area (Å²) in [6.45, 7) is 2.79. The zero-order valence-electron chi connectivity index (χ0n) is 13.4. The third-order valence-corrected chi connectivity index (χ3v) is 3.98. The van der Waals surface area contributed by atoms with Gasteiger partial charge in [0.1, 0.15) is 11.5 Å². The molecule has 24 heavy (non-hydrogen) atoms. The lowest BCUT2D eigenvalue weighted by Gasteiger charge is -2.14. The second-order valence-corrected chi connectivity index (χ2v) is 5.66. The number of halogens is 1. The second kappa shape index (κ2) is 8.61. The van der Waals surface area contributed by atoms with Crippen LogP contribution >= 0.6 is 12.4 Å². The number of likely N-dealkylation sites (tertiary alicyclic amines) is 1. The highest BCUT2D eigenvalue weighted by Crippen LogP contribution is 2.13. The van der Waals surface area contributed by atoms with E-state index in [1.807, 2.05) is 29.2 Å². The van der Waals surface area contributed by atoms with Crippen molar-refractivity contribution in [2.45, 2.75) is 25.9 Å². The summed E-state index contributed by atoms with van der Waals surface area (Å²) in [5.74, 6) is 0.573. The smallest absolute Gasteiger partial charge is 0.274 e. The van der Waals surface area contributed by atoms with Crippen molar-refractivity contribution in [2.24, 2.45) is 5.73 Å². The minimum absolute atomic E-state index is 0. The highest BCUT2D eigenvalue weighted by molar-refractivity contribution is 5.92. The molecule has 0 saturated carbocycles. The minimum Gasteiger partial charge on any atom is -0.365 e. The highest BCUT2D eigenvalue weighted by Gasteiger charge is 2.20. The SMILES string of the molecule is Cl.NCc1ccc(CNc2cncc(C(=O)N3CCCC3)n2)cc1. The first-order valence-electron chi connectivity index (χ1n) is 7.89. The first-order valence-corrected chi connectivity index (χ1v) is 7.89. The number of carbonyl (C=O) groups is 1. The maximum Gasteiger partial charge on any atom is 0.274 e. The first-order chi connectivity index (χ1) is 11.3. The van der Waals surface area contributed by atoms with Gasteiger partial charge in [-0.05, 0) is 24.0 Å². The summed E-state index contributed by atoms with van der Waals surface area (Å²) in [5, 5.41) is 3.21. The van der Waals surface area contributed by atoms with Crippen LogP contribution < -0.4 is 11.1 Å². The molecule has 2 aromatic rings. The van der Waals surface area contributed by atoms with Crippen LogP contribution in [0.1, 0.15) is 34.5 Å². The van der Waals surface area contributed by atoms with Crippen molar-refractivity contribution in [2.75, 3.05) is 18.4 Å². The van der Waals surface area contributed by atoms with Crippen molar-refractivity contribution >= 4 is 24.1 Å². The number of benzene rings is 1. The Balaban J connectivity index is 0.00000208. The van der Waals surface area contributed by atoms with E-state index in [0.29, 0.717) is 24.6 Å². The summed E-state index contributed by atoms with van der Waals surface area (Å²) in [7, 11) is 0. The molecule has 0 atom stereocenters. The molecule has 0 aliphatic carbocycles. The normalized spacial score (nSPS) is 13.5. The number of carbonyl (C=O) groups excluding carboxylic acids is 1. The van der Waals surface area contributed by atoms with Crippen LogP contribution in [0, 0.1) is 0 Å². The lowest BCUT2D eigenvalue weighted by atomic mass is 10.1. The number of nitrogens with one attached hydrogen (secondary N) is 1. The molecule has 2 heterocycles. The van der Waals surface area contributed by atoms with Gasteiger partial charge in [0.05, 0.1) is 12.4 Å². The predicted octanol–water partition coefficient (Wildman–Crippen LogP) is 2.21. The van der Waals surface area contributed by atoms with Crippen LogP contribution in [0.4, 0.5) is 5.82 Å². The first kappa shape index (κ1) is 18.2. The maximum absolute atomic E-state index is 12.3. The Kier molecular flexibility index (Phi) is 6.52. The quantitative estimate of drug-likeness (QED) is 0.866. The van der Waals surface area contributed by atoms with E-state index in [-0.39, 0.29) is 18.3 Å². The molecule has 1 amide bonds. The van der Waals surface area contributed by atoms with Gasteiger partial charge in [-0.2, -0.15) is 0 Å². The average molecular weight is 348 g/mol. The maximum atomic E-state index is 12.3. The van der Waals surface area contributed by atoms with Gasteiger partial charge in [-0.1, -0.05) is 24.3 Å². The summed E-state index contributed by atoms with van der Waals surface area (Å²) in [6.07, 6.45) is 5.29. The average Bonchev–Trinajstić information content (AvgIpc) is 3.14. The molecule has 3 rings (SSSR count). The molecule has 3 N–H and O–H groups in total. The zero-order valence-corrected chi connectivity index (χ0v) is 14.3. The number of hydrogen-bond donors (Lipinski definition) is 2. The van der Waals surface area contributed by atoms with Crippen molar-refractivity contribution in [3.8, 4) is 0 Å². The molecule has 128 valence electrons. The van der Waals surface area contributed by atoms with Crippen molar-refractivity contribution in [1.82, 2.24) is 14.9 Å². The molecule has 1 saturated heterocycles. The topological polar surface area (TPSA) is 84.1 Å². The van der Waals surface area contributed by atoms with E-state index >= 15 is 0 Å². The number of nitrogens with two attached hydrogens (primary N) is 1. The van der Waals surface area contributed by atoms with Crippen molar-refractivity contribution in [3.05, 3.63) is 53.5 Å². The van der Waals surface area contributed by atoms with Crippen LogP contribution in [0.3, 0.4) is 0 Å². The van der Waals surface area contributed by atoms with Crippen molar-refractivity contribution in [3.63, 3.8) is 0 Å². The molecule has 0 spiro atoms. The lowest BCUT2D eigenvalue weighted by Crippen LogP contribution is -2.28.